The van der Waals surface area contributed by atoms with E-state index in [2.05, 4.69) is 31.8 Å². The number of amides is 2. The van der Waals surface area contributed by atoms with Gasteiger partial charge in [-0.05, 0) is 41.3 Å². The molecule has 4 aromatic rings. The van der Waals surface area contributed by atoms with Crippen molar-refractivity contribution >= 4 is 50.4 Å². The third kappa shape index (κ3) is 5.84. The van der Waals surface area contributed by atoms with Gasteiger partial charge in [-0.15, -0.1) is 0 Å². The van der Waals surface area contributed by atoms with Crippen molar-refractivity contribution in [1.82, 2.24) is 5.43 Å². The van der Waals surface area contributed by atoms with Gasteiger partial charge < -0.3 is 10.1 Å². The van der Waals surface area contributed by atoms with Gasteiger partial charge in [-0.2, -0.15) is 5.10 Å². The van der Waals surface area contributed by atoms with Crippen molar-refractivity contribution in [3.05, 3.63) is 107 Å². The summed E-state index contributed by atoms with van der Waals surface area (Å²) in [5.41, 5.74) is 4.51. The quantitative estimate of drug-likeness (QED) is 0.214. The topological polar surface area (TPSA) is 79.8 Å². The Morgan fingerprint density at radius 3 is 2.42 bits per heavy atom. The van der Waals surface area contributed by atoms with E-state index in [1.807, 2.05) is 84.9 Å². The molecule has 0 radical (unpaired) electrons. The molecule has 0 saturated heterocycles. The number of nitrogens with zero attached hydrogens (tertiary/aromatic N) is 1. The lowest BCUT2D eigenvalue weighted by molar-refractivity contribution is -0.136. The fraction of sp³-hybridized carbons (Fsp3) is 0.0385. The molecule has 0 aliphatic rings. The summed E-state index contributed by atoms with van der Waals surface area (Å²) >= 11 is 3.41. The van der Waals surface area contributed by atoms with Crippen molar-refractivity contribution in [3.8, 4) is 5.75 Å². The molecule has 0 aliphatic heterocycles. The first-order chi connectivity index (χ1) is 16.1. The Kier molecular flexibility index (Phi) is 7.12. The molecule has 0 bridgehead atoms. The minimum absolute atomic E-state index is 0.387. The number of carbonyl (C=O) groups is 2. The fourth-order valence-electron chi connectivity index (χ4n) is 3.19. The van der Waals surface area contributed by atoms with Crippen molar-refractivity contribution in [2.45, 2.75) is 6.61 Å². The average molecular weight is 502 g/mol. The Balaban J connectivity index is 1.37. The van der Waals surface area contributed by atoms with E-state index in [1.54, 1.807) is 6.07 Å². The number of hydrogen-bond donors (Lipinski definition) is 2. The highest BCUT2D eigenvalue weighted by molar-refractivity contribution is 9.10. The van der Waals surface area contributed by atoms with Gasteiger partial charge in [-0.3, -0.25) is 9.59 Å². The first-order valence-corrected chi connectivity index (χ1v) is 11.0. The minimum atomic E-state index is -0.868. The molecular formula is C26H20BrN3O3. The standard InChI is InChI=1S/C26H20BrN3O3/c27-21-14-12-18(13-15-21)17-33-24-11-4-2-7-20(24)16-28-30-26(32)25(31)29-23-10-5-8-19-6-1-3-9-22(19)23/h1-16H,17H2,(H,29,31)(H,30,32)/b28-16-. The van der Waals surface area contributed by atoms with Crippen molar-refractivity contribution < 1.29 is 14.3 Å². The Morgan fingerprint density at radius 1 is 0.848 bits per heavy atom. The summed E-state index contributed by atoms with van der Waals surface area (Å²) in [6.45, 7) is 0.387. The van der Waals surface area contributed by atoms with E-state index in [9.17, 15) is 9.59 Å². The number of hydrogen-bond acceptors (Lipinski definition) is 4. The van der Waals surface area contributed by atoms with Gasteiger partial charge in [0.1, 0.15) is 12.4 Å². The van der Waals surface area contributed by atoms with Crippen molar-refractivity contribution in [2.75, 3.05) is 5.32 Å². The number of anilines is 1. The summed E-state index contributed by atoms with van der Waals surface area (Å²) < 4.78 is 6.89. The van der Waals surface area contributed by atoms with Crippen molar-refractivity contribution in [3.63, 3.8) is 0 Å². The van der Waals surface area contributed by atoms with E-state index in [1.165, 1.54) is 6.21 Å². The molecule has 4 rings (SSSR count). The van der Waals surface area contributed by atoms with Crippen LogP contribution in [0.4, 0.5) is 5.69 Å². The number of ether oxygens (including phenoxy) is 1. The van der Waals surface area contributed by atoms with E-state index >= 15 is 0 Å². The Bertz CT molecular complexity index is 1310. The first kappa shape index (κ1) is 22.2. The normalized spacial score (nSPS) is 10.8. The largest absolute Gasteiger partial charge is 0.488 e. The molecule has 0 aromatic heterocycles. The highest BCUT2D eigenvalue weighted by Crippen LogP contribution is 2.23. The maximum Gasteiger partial charge on any atom is 0.329 e. The summed E-state index contributed by atoms with van der Waals surface area (Å²) in [4.78, 5) is 24.5. The second-order valence-corrected chi connectivity index (χ2v) is 8.05. The van der Waals surface area contributed by atoms with Crippen LogP contribution in [0, 0.1) is 0 Å². The summed E-state index contributed by atoms with van der Waals surface area (Å²) in [7, 11) is 0. The smallest absolute Gasteiger partial charge is 0.329 e. The molecule has 0 spiro atoms. The van der Waals surface area contributed by atoms with Gasteiger partial charge in [-0.1, -0.05) is 76.6 Å². The van der Waals surface area contributed by atoms with Crippen molar-refractivity contribution in [1.29, 1.82) is 0 Å². The summed E-state index contributed by atoms with van der Waals surface area (Å²) in [5.74, 6) is -1.06. The van der Waals surface area contributed by atoms with E-state index in [4.69, 9.17) is 4.74 Å². The lowest BCUT2D eigenvalue weighted by Crippen LogP contribution is -2.32. The number of carbonyl (C=O) groups excluding carboxylic acids is 2. The number of rotatable bonds is 6. The number of halogens is 1. The maximum absolute atomic E-state index is 12.3. The zero-order chi connectivity index (χ0) is 23.0. The van der Waals surface area contributed by atoms with Crippen LogP contribution in [0.5, 0.6) is 5.75 Å². The first-order valence-electron chi connectivity index (χ1n) is 10.2. The van der Waals surface area contributed by atoms with Crippen LogP contribution < -0.4 is 15.5 Å². The second kappa shape index (κ2) is 10.6. The molecule has 0 saturated carbocycles. The molecule has 0 unspecified atom stereocenters. The Labute approximate surface area is 199 Å². The molecule has 164 valence electrons. The van der Waals surface area contributed by atoms with E-state index < -0.39 is 11.8 Å². The average Bonchev–Trinajstić information content (AvgIpc) is 2.84. The molecule has 0 fully saturated rings. The van der Waals surface area contributed by atoms with Crippen LogP contribution in [0.25, 0.3) is 10.8 Å². The van der Waals surface area contributed by atoms with Crippen LogP contribution in [-0.2, 0) is 16.2 Å². The van der Waals surface area contributed by atoms with Gasteiger partial charge in [0.15, 0.2) is 0 Å². The predicted molar refractivity (Wildman–Crippen MR) is 133 cm³/mol. The van der Waals surface area contributed by atoms with Gasteiger partial charge in [0.25, 0.3) is 0 Å². The van der Waals surface area contributed by atoms with Gasteiger partial charge >= 0.3 is 11.8 Å². The molecule has 4 aromatic carbocycles. The molecule has 6 nitrogen and oxygen atoms in total. The highest BCUT2D eigenvalue weighted by atomic mass is 79.9. The number of hydrazone groups is 1. The van der Waals surface area contributed by atoms with Gasteiger partial charge in [0.2, 0.25) is 0 Å². The molecule has 0 heterocycles. The third-order valence-electron chi connectivity index (χ3n) is 4.84. The lowest BCUT2D eigenvalue weighted by atomic mass is 10.1. The summed E-state index contributed by atoms with van der Waals surface area (Å²) in [6, 6.07) is 28.2. The van der Waals surface area contributed by atoms with Crippen LogP contribution in [0.15, 0.2) is 101 Å². The highest BCUT2D eigenvalue weighted by Gasteiger charge is 2.14. The Morgan fingerprint density at radius 2 is 1.58 bits per heavy atom. The van der Waals surface area contributed by atoms with Gasteiger partial charge in [0, 0.05) is 21.1 Å². The molecule has 7 heteroatoms. The maximum atomic E-state index is 12.3. The molecule has 2 amide bonds. The summed E-state index contributed by atoms with van der Waals surface area (Å²) in [5, 5.41) is 8.37. The fourth-order valence-corrected chi connectivity index (χ4v) is 3.45. The molecule has 33 heavy (non-hydrogen) atoms. The number of nitrogens with one attached hydrogen (secondary N) is 2. The number of para-hydroxylation sites is 1. The summed E-state index contributed by atoms with van der Waals surface area (Å²) in [6.07, 6.45) is 1.44. The zero-order valence-electron chi connectivity index (χ0n) is 17.5. The molecule has 0 atom stereocenters. The molecule has 0 aliphatic carbocycles. The van der Waals surface area contributed by atoms with Crippen LogP contribution in [-0.4, -0.2) is 18.0 Å². The van der Waals surface area contributed by atoms with Crippen LogP contribution in [0.2, 0.25) is 0 Å². The van der Waals surface area contributed by atoms with Crippen LogP contribution in [0.1, 0.15) is 11.1 Å². The molecular weight excluding hydrogens is 482 g/mol. The van der Waals surface area contributed by atoms with Gasteiger partial charge in [-0.25, -0.2) is 5.43 Å². The third-order valence-corrected chi connectivity index (χ3v) is 5.37. The molecule has 2 N–H and O–H groups in total. The van der Waals surface area contributed by atoms with Crippen molar-refractivity contribution in [2.24, 2.45) is 5.10 Å². The van der Waals surface area contributed by atoms with E-state index in [0.717, 1.165) is 20.8 Å². The Hall–Kier alpha value is -3.97. The lowest BCUT2D eigenvalue weighted by Gasteiger charge is -2.09. The number of benzene rings is 4. The number of fused-ring (bicyclic) bond motifs is 1. The zero-order valence-corrected chi connectivity index (χ0v) is 19.1. The second-order valence-electron chi connectivity index (χ2n) is 7.13. The van der Waals surface area contributed by atoms with Crippen LogP contribution >= 0.6 is 15.9 Å². The van der Waals surface area contributed by atoms with Gasteiger partial charge in [0.05, 0.1) is 6.21 Å². The van der Waals surface area contributed by atoms with E-state index in [0.29, 0.717) is 23.6 Å². The van der Waals surface area contributed by atoms with E-state index in [-0.39, 0.29) is 0 Å². The monoisotopic (exact) mass is 501 g/mol. The minimum Gasteiger partial charge on any atom is -0.488 e. The van der Waals surface area contributed by atoms with Crippen LogP contribution in [0.3, 0.4) is 0 Å². The predicted octanol–water partition coefficient (Wildman–Crippen LogP) is 5.27. The SMILES string of the molecule is O=C(N/N=C\c1ccccc1OCc1ccc(Br)cc1)C(=O)Nc1cccc2ccccc12.